The van der Waals surface area contributed by atoms with Gasteiger partial charge in [0.15, 0.2) is 0 Å². The molecule has 3 aliphatic rings. The highest BCUT2D eigenvalue weighted by molar-refractivity contribution is 6.13. The van der Waals surface area contributed by atoms with Crippen molar-refractivity contribution < 1.29 is 24.6 Å². The van der Waals surface area contributed by atoms with E-state index in [1.54, 1.807) is 0 Å². The summed E-state index contributed by atoms with van der Waals surface area (Å²) in [5, 5.41) is 18.4. The zero-order valence-corrected chi connectivity index (χ0v) is 21.8. The van der Waals surface area contributed by atoms with Gasteiger partial charge in [-0.25, -0.2) is 0 Å². The van der Waals surface area contributed by atoms with E-state index < -0.39 is 17.4 Å². The third-order valence-electron chi connectivity index (χ3n) is 8.69. The number of para-hydroxylation sites is 2. The average molecular weight is 520 g/mol. The van der Waals surface area contributed by atoms with Gasteiger partial charge in [0, 0.05) is 5.69 Å². The second-order valence-corrected chi connectivity index (χ2v) is 11.2. The van der Waals surface area contributed by atoms with Crippen molar-refractivity contribution in [1.82, 2.24) is 9.80 Å². The Morgan fingerprint density at radius 1 is 0.737 bits per heavy atom. The normalized spacial score (nSPS) is 20.9. The molecule has 2 saturated heterocycles. The van der Waals surface area contributed by atoms with Crippen LogP contribution in [0.4, 0.5) is 11.4 Å². The van der Waals surface area contributed by atoms with Crippen LogP contribution in [0.15, 0.2) is 54.6 Å². The molecule has 5 rings (SSSR count). The zero-order valence-electron chi connectivity index (χ0n) is 21.8. The van der Waals surface area contributed by atoms with Gasteiger partial charge in [-0.3, -0.25) is 29.1 Å². The largest absolute Gasteiger partial charge is 0.480 e. The Hall–Kier alpha value is -3.23. The summed E-state index contributed by atoms with van der Waals surface area (Å²) in [4.78, 5) is 42.9. The second-order valence-electron chi connectivity index (χ2n) is 11.2. The van der Waals surface area contributed by atoms with Gasteiger partial charge in [-0.1, -0.05) is 36.4 Å². The van der Waals surface area contributed by atoms with Crippen molar-refractivity contribution >= 4 is 29.2 Å². The molecule has 38 heavy (non-hydrogen) atoms. The number of piperidine rings is 2. The van der Waals surface area contributed by atoms with Gasteiger partial charge in [0.25, 0.3) is 0 Å². The number of hydrogen-bond acceptors (Lipinski definition) is 5. The Balaban J connectivity index is 1.43. The number of carboxylic acids is 2. The Bertz CT molecular complexity index is 1120. The number of amides is 1. The molecule has 8 heteroatoms. The van der Waals surface area contributed by atoms with E-state index in [4.69, 9.17) is 0 Å². The molecule has 3 aliphatic heterocycles. The summed E-state index contributed by atoms with van der Waals surface area (Å²) in [6.45, 7) is 3.07. The fourth-order valence-corrected chi connectivity index (χ4v) is 6.89. The first-order chi connectivity index (χ1) is 18.4. The molecule has 0 bridgehead atoms. The smallest absolute Gasteiger partial charge is 0.317 e. The van der Waals surface area contributed by atoms with Crippen LogP contribution in [0.5, 0.6) is 0 Å². The summed E-state index contributed by atoms with van der Waals surface area (Å²) < 4.78 is 0. The predicted octanol–water partition coefficient (Wildman–Crippen LogP) is 3.98. The first-order valence-corrected chi connectivity index (χ1v) is 13.7. The van der Waals surface area contributed by atoms with E-state index in [9.17, 15) is 24.6 Å². The molecule has 0 saturated carbocycles. The Morgan fingerprint density at radius 3 is 1.71 bits per heavy atom. The number of fused-ring (bicyclic) bond motifs is 1. The lowest BCUT2D eigenvalue weighted by Gasteiger charge is -2.40. The number of carbonyl (C=O) groups excluding carboxylic acids is 1. The van der Waals surface area contributed by atoms with E-state index >= 15 is 0 Å². The minimum Gasteiger partial charge on any atom is -0.480 e. The van der Waals surface area contributed by atoms with Gasteiger partial charge in [0.1, 0.15) is 0 Å². The number of hydrogen-bond donors (Lipinski definition) is 2. The third kappa shape index (κ3) is 5.47. The summed E-state index contributed by atoms with van der Waals surface area (Å²) in [6.07, 6.45) is 5.03. The van der Waals surface area contributed by atoms with Crippen molar-refractivity contribution in [2.75, 3.05) is 44.2 Å². The summed E-state index contributed by atoms with van der Waals surface area (Å²) in [5.74, 6) is -0.800. The molecule has 0 aromatic heterocycles. The summed E-state index contributed by atoms with van der Waals surface area (Å²) in [7, 11) is 0. The van der Waals surface area contributed by atoms with Gasteiger partial charge in [-0.2, -0.15) is 0 Å². The molecule has 0 radical (unpaired) electrons. The highest BCUT2D eigenvalue weighted by Crippen LogP contribution is 2.53. The quantitative estimate of drug-likeness (QED) is 0.517. The van der Waals surface area contributed by atoms with Crippen molar-refractivity contribution in [3.63, 3.8) is 0 Å². The van der Waals surface area contributed by atoms with Crippen LogP contribution < -0.4 is 4.90 Å². The molecule has 2 aromatic carbocycles. The first kappa shape index (κ1) is 26.4. The molecule has 0 spiro atoms. The SMILES string of the molecule is O=C(O)CN1CCC(CC2(CC3CCN(CC(=O)O)CC3)C(=O)N(c3ccccc3)c3ccccc32)CC1. The topological polar surface area (TPSA) is 101 Å². The van der Waals surface area contributed by atoms with Gasteiger partial charge in [0.05, 0.1) is 24.2 Å². The van der Waals surface area contributed by atoms with Crippen LogP contribution in [0, 0.1) is 11.8 Å². The Morgan fingerprint density at radius 2 is 1.21 bits per heavy atom. The lowest BCUT2D eigenvalue weighted by Crippen LogP contribution is -2.45. The van der Waals surface area contributed by atoms with E-state index in [0.717, 1.165) is 81.6 Å². The number of nitrogens with zero attached hydrogens (tertiary/aromatic N) is 3. The van der Waals surface area contributed by atoms with Crippen LogP contribution in [0.3, 0.4) is 0 Å². The molecular weight excluding hydrogens is 482 g/mol. The van der Waals surface area contributed by atoms with Crippen LogP contribution in [0.2, 0.25) is 0 Å². The fourth-order valence-electron chi connectivity index (χ4n) is 6.89. The van der Waals surface area contributed by atoms with Crippen LogP contribution in [0.25, 0.3) is 0 Å². The fraction of sp³-hybridized carbons (Fsp3) is 0.500. The van der Waals surface area contributed by atoms with E-state index in [-0.39, 0.29) is 19.0 Å². The summed E-state index contributed by atoms with van der Waals surface area (Å²) in [6, 6.07) is 18.0. The van der Waals surface area contributed by atoms with Crippen LogP contribution >= 0.6 is 0 Å². The number of carbonyl (C=O) groups is 3. The average Bonchev–Trinajstić information content (AvgIpc) is 3.14. The Kier molecular flexibility index (Phi) is 7.81. The molecule has 8 nitrogen and oxygen atoms in total. The van der Waals surface area contributed by atoms with Crippen molar-refractivity contribution in [3.05, 3.63) is 60.2 Å². The van der Waals surface area contributed by atoms with Gasteiger partial charge >= 0.3 is 11.9 Å². The molecule has 0 aliphatic carbocycles. The minimum absolute atomic E-state index is 0.0658. The molecule has 2 aromatic rings. The van der Waals surface area contributed by atoms with E-state index in [1.165, 1.54) is 0 Å². The highest BCUT2D eigenvalue weighted by Gasteiger charge is 2.53. The second kappa shape index (κ2) is 11.3. The van der Waals surface area contributed by atoms with Gasteiger partial charge in [-0.05, 0) is 100 Å². The summed E-state index contributed by atoms with van der Waals surface area (Å²) in [5.41, 5.74) is 2.27. The molecule has 3 heterocycles. The lowest BCUT2D eigenvalue weighted by atomic mass is 9.66. The van der Waals surface area contributed by atoms with Crippen LogP contribution in [-0.2, 0) is 19.8 Å². The maximum Gasteiger partial charge on any atom is 0.317 e. The molecule has 0 unspecified atom stereocenters. The summed E-state index contributed by atoms with van der Waals surface area (Å²) >= 11 is 0. The van der Waals surface area contributed by atoms with Crippen LogP contribution in [-0.4, -0.2) is 77.1 Å². The molecule has 2 fully saturated rings. The molecule has 0 atom stereocenters. The van der Waals surface area contributed by atoms with Gasteiger partial charge in [0.2, 0.25) is 5.91 Å². The van der Waals surface area contributed by atoms with Crippen LogP contribution in [0.1, 0.15) is 44.1 Å². The molecule has 2 N–H and O–H groups in total. The zero-order chi connectivity index (χ0) is 26.7. The van der Waals surface area contributed by atoms with Crippen molar-refractivity contribution in [2.45, 2.75) is 43.9 Å². The maximum atomic E-state index is 14.6. The molecule has 202 valence electrons. The van der Waals surface area contributed by atoms with Gasteiger partial charge in [-0.15, -0.1) is 0 Å². The highest BCUT2D eigenvalue weighted by atomic mass is 16.4. The van der Waals surface area contributed by atoms with Gasteiger partial charge < -0.3 is 10.2 Å². The molecular formula is C30H37N3O5. The third-order valence-corrected chi connectivity index (χ3v) is 8.69. The van der Waals surface area contributed by atoms with Crippen molar-refractivity contribution in [3.8, 4) is 0 Å². The maximum absolute atomic E-state index is 14.6. The van der Waals surface area contributed by atoms with Crippen molar-refractivity contribution in [2.24, 2.45) is 11.8 Å². The number of benzene rings is 2. The Labute approximate surface area is 223 Å². The number of anilines is 2. The van der Waals surface area contributed by atoms with E-state index in [2.05, 4.69) is 6.07 Å². The minimum atomic E-state index is -0.799. The monoisotopic (exact) mass is 519 g/mol. The standard InChI is InChI=1S/C30H37N3O5/c34-27(35)20-31-14-10-22(11-15-31)18-30(19-23-12-16-32(17-13-23)21-28(36)37)25-8-4-5-9-26(25)33(29(30)38)24-6-2-1-3-7-24/h1-9,22-23H,10-21H2,(H,34,35)(H,36,37). The lowest BCUT2D eigenvalue weighted by molar-refractivity contribution is -0.139. The number of carboxylic acid groups (broad SMARTS) is 2. The predicted molar refractivity (Wildman–Crippen MR) is 145 cm³/mol. The number of aliphatic carboxylic acids is 2. The van der Waals surface area contributed by atoms with Crippen molar-refractivity contribution in [1.29, 1.82) is 0 Å². The molecule has 1 amide bonds. The number of likely N-dealkylation sites (tertiary alicyclic amines) is 2. The van der Waals surface area contributed by atoms with E-state index in [0.29, 0.717) is 11.8 Å². The van der Waals surface area contributed by atoms with E-state index in [1.807, 2.05) is 63.2 Å². The number of rotatable bonds is 9. The first-order valence-electron chi connectivity index (χ1n) is 13.7.